The highest BCUT2D eigenvalue weighted by atomic mass is 32.2. The van der Waals surface area contributed by atoms with Crippen LogP contribution in [0.15, 0.2) is 23.6 Å². The Labute approximate surface area is 173 Å². The third kappa shape index (κ3) is 3.56. The fourth-order valence-corrected chi connectivity index (χ4v) is 5.13. The van der Waals surface area contributed by atoms with Gasteiger partial charge in [0.25, 0.3) is 5.91 Å². The molecule has 1 fully saturated rings. The monoisotopic (exact) mass is 419 g/mol. The number of piperazine rings is 1. The second kappa shape index (κ2) is 8.21. The summed E-state index contributed by atoms with van der Waals surface area (Å²) in [5, 5.41) is 4.38. The predicted octanol–water partition coefficient (Wildman–Crippen LogP) is 1.41. The molecule has 10 heteroatoms. The van der Waals surface area contributed by atoms with Gasteiger partial charge in [0.05, 0.1) is 27.4 Å². The van der Waals surface area contributed by atoms with E-state index in [0.717, 1.165) is 31.7 Å². The number of benzene rings is 1. The Morgan fingerprint density at radius 1 is 1.07 bits per heavy atom. The summed E-state index contributed by atoms with van der Waals surface area (Å²) in [4.78, 5) is 22.0. The predicted molar refractivity (Wildman–Crippen MR) is 108 cm³/mol. The number of aromatic nitrogens is 3. The average molecular weight is 420 g/mol. The van der Waals surface area contributed by atoms with E-state index in [1.165, 1.54) is 22.8 Å². The van der Waals surface area contributed by atoms with Gasteiger partial charge in [0, 0.05) is 26.2 Å². The first-order valence-electron chi connectivity index (χ1n) is 9.40. The van der Waals surface area contributed by atoms with Crippen LogP contribution in [-0.4, -0.2) is 90.3 Å². The lowest BCUT2D eigenvalue weighted by atomic mass is 9.98. The van der Waals surface area contributed by atoms with Crippen molar-refractivity contribution in [2.45, 2.75) is 16.4 Å². The van der Waals surface area contributed by atoms with E-state index in [1.54, 1.807) is 21.3 Å². The first kappa shape index (κ1) is 20.0. The Morgan fingerprint density at radius 2 is 1.72 bits per heavy atom. The third-order valence-corrected chi connectivity index (χ3v) is 6.65. The summed E-state index contributed by atoms with van der Waals surface area (Å²) in [6.45, 7) is 3.60. The number of likely N-dealkylation sites (N-methyl/N-ethyl adjacent to an activating group) is 1. The Bertz CT molecular complexity index is 871. The van der Waals surface area contributed by atoms with Gasteiger partial charge in [0.1, 0.15) is 11.6 Å². The number of thioether (sulfide) groups is 1. The van der Waals surface area contributed by atoms with Crippen LogP contribution in [-0.2, 0) is 0 Å². The quantitative estimate of drug-likeness (QED) is 0.690. The molecule has 1 saturated heterocycles. The first-order valence-corrected chi connectivity index (χ1v) is 10.3. The highest BCUT2D eigenvalue weighted by Crippen LogP contribution is 2.45. The van der Waals surface area contributed by atoms with Crippen molar-refractivity contribution in [3.05, 3.63) is 24.0 Å². The molecule has 9 nitrogen and oxygen atoms in total. The minimum Gasteiger partial charge on any atom is -0.493 e. The number of rotatable bonds is 6. The van der Waals surface area contributed by atoms with Gasteiger partial charge in [0.2, 0.25) is 5.75 Å². The normalized spacial score (nSPS) is 21.1. The highest BCUT2D eigenvalue weighted by molar-refractivity contribution is 8.00. The van der Waals surface area contributed by atoms with Gasteiger partial charge in [0.15, 0.2) is 16.7 Å². The number of carbonyl (C=O) groups excluding carboxylic acids is 1. The maximum absolute atomic E-state index is 13.1. The van der Waals surface area contributed by atoms with Gasteiger partial charge in [-0.3, -0.25) is 9.69 Å². The largest absolute Gasteiger partial charge is 0.493 e. The van der Waals surface area contributed by atoms with Crippen molar-refractivity contribution in [2.24, 2.45) is 0 Å². The zero-order chi connectivity index (χ0) is 20.5. The van der Waals surface area contributed by atoms with E-state index in [0.29, 0.717) is 22.4 Å². The van der Waals surface area contributed by atoms with Crippen molar-refractivity contribution >= 4 is 17.7 Å². The zero-order valence-electron chi connectivity index (χ0n) is 17.0. The molecular formula is C19H25N5O4S. The van der Waals surface area contributed by atoms with E-state index in [2.05, 4.69) is 26.9 Å². The lowest BCUT2D eigenvalue weighted by Crippen LogP contribution is -2.49. The summed E-state index contributed by atoms with van der Waals surface area (Å²) in [5.41, 5.74) is 0.945. The first-order chi connectivity index (χ1) is 14.1. The number of hydrogen-bond acceptors (Lipinski definition) is 9. The number of fused-ring (bicyclic) bond motifs is 1. The molecule has 2 unspecified atom stereocenters. The van der Waals surface area contributed by atoms with Crippen LogP contribution in [0.1, 0.15) is 16.4 Å². The van der Waals surface area contributed by atoms with Gasteiger partial charge in [-0.2, -0.15) is 9.78 Å². The van der Waals surface area contributed by atoms with Crippen molar-refractivity contribution in [1.82, 2.24) is 24.6 Å². The van der Waals surface area contributed by atoms with E-state index in [1.807, 2.05) is 12.1 Å². The van der Waals surface area contributed by atoms with Gasteiger partial charge in [-0.05, 0) is 24.7 Å². The molecule has 4 rings (SSSR count). The number of methoxy groups -OCH3 is 3. The number of hydrogen-bond donors (Lipinski definition) is 0. The Hall–Kier alpha value is -2.30. The van der Waals surface area contributed by atoms with Crippen molar-refractivity contribution < 1.29 is 19.0 Å². The van der Waals surface area contributed by atoms with Gasteiger partial charge >= 0.3 is 0 Å². The van der Waals surface area contributed by atoms with Gasteiger partial charge < -0.3 is 19.1 Å². The summed E-state index contributed by atoms with van der Waals surface area (Å²) in [6.07, 6.45) is 1.42. The molecule has 156 valence electrons. The molecule has 2 aromatic rings. The van der Waals surface area contributed by atoms with E-state index < -0.39 is 0 Å². The van der Waals surface area contributed by atoms with E-state index in [-0.39, 0.29) is 17.2 Å². The topological polar surface area (TPSA) is 82.0 Å². The molecule has 2 aliphatic heterocycles. The van der Waals surface area contributed by atoms with Crippen LogP contribution in [0.25, 0.3) is 0 Å². The van der Waals surface area contributed by atoms with Crippen molar-refractivity contribution in [2.75, 3.05) is 54.6 Å². The SMILES string of the molecule is COc1cc(C(C2Sc3ncnn3C2=O)N2CCN(C)CC2)cc(OC)c1OC. The molecular weight excluding hydrogens is 394 g/mol. The van der Waals surface area contributed by atoms with Gasteiger partial charge in [-0.15, -0.1) is 0 Å². The highest BCUT2D eigenvalue weighted by Gasteiger charge is 2.43. The van der Waals surface area contributed by atoms with Crippen LogP contribution in [0.5, 0.6) is 17.2 Å². The van der Waals surface area contributed by atoms with Crippen LogP contribution in [0.3, 0.4) is 0 Å². The molecule has 1 aromatic carbocycles. The zero-order valence-corrected chi connectivity index (χ0v) is 17.8. The smallest absolute Gasteiger partial charge is 0.264 e. The standard InChI is InChI=1S/C19H25N5O4S/c1-22-5-7-23(8-6-22)15(17-18(25)24-19(29-17)20-11-21-24)12-9-13(26-2)16(28-4)14(10-12)27-3/h9-11,15,17H,5-8H2,1-4H3. The molecule has 1 aromatic heterocycles. The third-order valence-electron chi connectivity index (χ3n) is 5.45. The van der Waals surface area contributed by atoms with Crippen LogP contribution < -0.4 is 14.2 Å². The van der Waals surface area contributed by atoms with Gasteiger partial charge in [-0.25, -0.2) is 4.98 Å². The molecule has 2 atom stereocenters. The van der Waals surface area contributed by atoms with Crippen molar-refractivity contribution in [3.63, 3.8) is 0 Å². The summed E-state index contributed by atoms with van der Waals surface area (Å²) in [7, 11) is 6.89. The van der Waals surface area contributed by atoms with E-state index in [9.17, 15) is 4.79 Å². The molecule has 0 amide bonds. The molecule has 0 radical (unpaired) electrons. The molecule has 0 N–H and O–H groups in total. The van der Waals surface area contributed by atoms with E-state index >= 15 is 0 Å². The van der Waals surface area contributed by atoms with Crippen LogP contribution in [0, 0.1) is 0 Å². The summed E-state index contributed by atoms with van der Waals surface area (Å²) < 4.78 is 18.0. The molecule has 2 aliphatic rings. The fraction of sp³-hybridized carbons (Fsp3) is 0.526. The fourth-order valence-electron chi connectivity index (χ4n) is 3.90. The molecule has 0 saturated carbocycles. The number of nitrogens with zero attached hydrogens (tertiary/aromatic N) is 5. The lowest BCUT2D eigenvalue weighted by Gasteiger charge is -2.40. The second-order valence-electron chi connectivity index (χ2n) is 7.07. The molecule has 0 spiro atoms. The lowest BCUT2D eigenvalue weighted by molar-refractivity contribution is 0.0766. The second-order valence-corrected chi connectivity index (χ2v) is 8.18. The Balaban J connectivity index is 1.77. The van der Waals surface area contributed by atoms with Crippen LogP contribution in [0.4, 0.5) is 0 Å². The number of ether oxygens (including phenoxy) is 3. The minimum atomic E-state index is -0.350. The van der Waals surface area contributed by atoms with Gasteiger partial charge in [-0.1, -0.05) is 11.8 Å². The summed E-state index contributed by atoms with van der Waals surface area (Å²) in [5.74, 6) is 1.63. The summed E-state index contributed by atoms with van der Waals surface area (Å²) >= 11 is 1.46. The van der Waals surface area contributed by atoms with Crippen LogP contribution >= 0.6 is 11.8 Å². The number of carbonyl (C=O) groups is 1. The Kier molecular flexibility index (Phi) is 5.66. The molecule has 29 heavy (non-hydrogen) atoms. The van der Waals surface area contributed by atoms with Crippen molar-refractivity contribution in [1.29, 1.82) is 0 Å². The average Bonchev–Trinajstić information content (AvgIpc) is 3.32. The Morgan fingerprint density at radius 3 is 2.28 bits per heavy atom. The van der Waals surface area contributed by atoms with Crippen molar-refractivity contribution in [3.8, 4) is 17.2 Å². The van der Waals surface area contributed by atoms with E-state index in [4.69, 9.17) is 14.2 Å². The minimum absolute atomic E-state index is 0.0554. The molecule has 0 bridgehead atoms. The summed E-state index contributed by atoms with van der Waals surface area (Å²) in [6, 6.07) is 3.71. The maximum atomic E-state index is 13.1. The van der Waals surface area contributed by atoms with Crippen LogP contribution in [0.2, 0.25) is 0 Å². The molecule has 0 aliphatic carbocycles. The molecule has 3 heterocycles. The maximum Gasteiger partial charge on any atom is 0.264 e.